The molecule has 0 saturated carbocycles. The average Bonchev–Trinajstić information content (AvgIpc) is 0.899. The highest BCUT2D eigenvalue weighted by atomic mass is 31.2. The van der Waals surface area contributed by atoms with Crippen molar-refractivity contribution in [3.63, 3.8) is 0 Å². The van der Waals surface area contributed by atoms with Crippen molar-refractivity contribution in [3.05, 3.63) is 0 Å². The number of esters is 4. The number of carbonyl (C=O) groups excluding carboxylic acids is 4. The molecule has 17 nitrogen and oxygen atoms in total. The number of phosphoric ester groups is 2. The summed E-state index contributed by atoms with van der Waals surface area (Å²) >= 11 is 0. The summed E-state index contributed by atoms with van der Waals surface area (Å²) in [6, 6.07) is 0. The Bertz CT molecular complexity index is 2070. The van der Waals surface area contributed by atoms with E-state index >= 15 is 0 Å². The first-order chi connectivity index (χ1) is 52.4. The van der Waals surface area contributed by atoms with Crippen LogP contribution in [0, 0.1) is 11.8 Å². The summed E-state index contributed by atoms with van der Waals surface area (Å²) in [7, 11) is -9.93. The maximum absolute atomic E-state index is 13.2. The Morgan fingerprint density at radius 1 is 0.269 bits per heavy atom. The minimum Gasteiger partial charge on any atom is -0.462 e. The Morgan fingerprint density at radius 2 is 0.472 bits per heavy atom. The molecule has 0 fully saturated rings. The molecule has 0 radical (unpaired) electrons. The Kier molecular flexibility index (Phi) is 78.8. The SMILES string of the molecule is CCCCCCCCCCCCCCCCCCCCCCCC(=O)OC[C@H](COP(=O)(O)OC[C@@H](O)COP(=O)(O)OC[C@@H](COC(=O)CCCCCCCCCC)OC(=O)CCCCCCCCCCCCCCCCC(C)C)OC(=O)CCCCCCCCCCCCCCCCCCCCC(C)CC. The van der Waals surface area contributed by atoms with E-state index in [4.69, 9.17) is 37.0 Å². The average molecular weight is 1580 g/mol. The lowest BCUT2D eigenvalue weighted by molar-refractivity contribution is -0.161. The van der Waals surface area contributed by atoms with Crippen LogP contribution in [-0.4, -0.2) is 96.7 Å². The van der Waals surface area contributed by atoms with Crippen molar-refractivity contribution in [1.29, 1.82) is 0 Å². The fourth-order valence-corrected chi connectivity index (χ4v) is 15.5. The smallest absolute Gasteiger partial charge is 0.462 e. The summed E-state index contributed by atoms with van der Waals surface area (Å²) in [5.41, 5.74) is 0. The number of carbonyl (C=O) groups is 4. The maximum atomic E-state index is 13.2. The van der Waals surface area contributed by atoms with Crippen molar-refractivity contribution < 1.29 is 80.2 Å². The second-order valence-electron chi connectivity index (χ2n) is 32.7. The van der Waals surface area contributed by atoms with Gasteiger partial charge in [0.1, 0.15) is 19.3 Å². The van der Waals surface area contributed by atoms with Crippen LogP contribution in [0.3, 0.4) is 0 Å². The molecule has 0 amide bonds. The predicted molar refractivity (Wildman–Crippen MR) is 446 cm³/mol. The van der Waals surface area contributed by atoms with E-state index in [1.807, 2.05) is 0 Å². The van der Waals surface area contributed by atoms with Crippen LogP contribution in [0.1, 0.15) is 478 Å². The van der Waals surface area contributed by atoms with Crippen LogP contribution >= 0.6 is 15.6 Å². The van der Waals surface area contributed by atoms with Crippen molar-refractivity contribution in [3.8, 4) is 0 Å². The topological polar surface area (TPSA) is 237 Å². The van der Waals surface area contributed by atoms with Crippen molar-refractivity contribution in [1.82, 2.24) is 0 Å². The summed E-state index contributed by atoms with van der Waals surface area (Å²) in [5, 5.41) is 10.7. The second kappa shape index (κ2) is 80.3. The molecule has 0 heterocycles. The van der Waals surface area contributed by atoms with E-state index in [9.17, 15) is 43.2 Å². The van der Waals surface area contributed by atoms with Crippen LogP contribution in [-0.2, 0) is 65.4 Å². The van der Waals surface area contributed by atoms with E-state index in [-0.39, 0.29) is 25.7 Å². The molecule has 0 spiro atoms. The van der Waals surface area contributed by atoms with E-state index in [1.165, 1.54) is 289 Å². The van der Waals surface area contributed by atoms with Gasteiger partial charge in [0.25, 0.3) is 0 Å². The lowest BCUT2D eigenvalue weighted by atomic mass is 9.99. The zero-order valence-corrected chi connectivity index (χ0v) is 73.0. The molecule has 6 atom stereocenters. The Hall–Kier alpha value is -1.94. The number of unbranched alkanes of at least 4 members (excludes halogenated alkanes) is 57. The first kappa shape index (κ1) is 106. The number of hydrogen-bond acceptors (Lipinski definition) is 15. The summed E-state index contributed by atoms with van der Waals surface area (Å²) in [5.74, 6) is -0.436. The molecule has 3 unspecified atom stereocenters. The van der Waals surface area contributed by atoms with Gasteiger partial charge in [0.15, 0.2) is 12.2 Å². The number of aliphatic hydroxyl groups excluding tert-OH is 1. The lowest BCUT2D eigenvalue weighted by Gasteiger charge is -2.21. The predicted octanol–water partition coefficient (Wildman–Crippen LogP) is 27.4. The van der Waals surface area contributed by atoms with Gasteiger partial charge < -0.3 is 33.8 Å². The summed E-state index contributed by atoms with van der Waals surface area (Å²) in [6.45, 7) is 9.74. The molecule has 3 N–H and O–H groups in total. The molecule has 0 aliphatic carbocycles. The number of aliphatic hydroxyl groups is 1. The van der Waals surface area contributed by atoms with E-state index < -0.39 is 97.5 Å². The number of phosphoric acid groups is 2. The number of rotatable bonds is 88. The van der Waals surface area contributed by atoms with Gasteiger partial charge in [0.2, 0.25) is 0 Å². The molecule has 0 rings (SSSR count). The third kappa shape index (κ3) is 80.7. The highest BCUT2D eigenvalue weighted by molar-refractivity contribution is 7.47. The van der Waals surface area contributed by atoms with Gasteiger partial charge in [-0.15, -0.1) is 0 Å². The monoisotopic (exact) mass is 1580 g/mol. The standard InChI is InChI=1S/C89H174O17P2/c1-7-10-12-14-16-18-19-20-21-22-23-24-25-29-32-38-43-48-54-60-66-72-87(92)100-78-85(106-89(94)73-67-61-55-49-44-39-33-30-27-26-28-31-37-42-47-52-58-64-70-82(6)9-3)80-104-108(97,98)102-76-83(90)75-101-107(95,96)103-79-84(77-99-86(91)71-65-59-53-17-15-13-11-8-2)105-88(93)74-68-62-56-50-45-40-35-34-36-41-46-51-57-63-69-81(4)5/h81-85,90H,7-80H2,1-6H3,(H,95,96)(H,97,98)/t82?,83-,84+,85+/m0/s1. The molecule has 0 aromatic carbocycles. The second-order valence-corrected chi connectivity index (χ2v) is 35.6. The first-order valence-corrected chi connectivity index (χ1v) is 49.0. The Balaban J connectivity index is 5.18. The van der Waals surface area contributed by atoms with Gasteiger partial charge in [-0.05, 0) is 37.5 Å². The van der Waals surface area contributed by atoms with Crippen LogP contribution in [0.2, 0.25) is 0 Å². The van der Waals surface area contributed by atoms with Crippen molar-refractivity contribution in [2.75, 3.05) is 39.6 Å². The Morgan fingerprint density at radius 3 is 0.704 bits per heavy atom. The highest BCUT2D eigenvalue weighted by Crippen LogP contribution is 2.45. The fourth-order valence-electron chi connectivity index (χ4n) is 13.9. The van der Waals surface area contributed by atoms with Crippen molar-refractivity contribution in [2.45, 2.75) is 496 Å². The van der Waals surface area contributed by atoms with Crippen LogP contribution in [0.4, 0.5) is 0 Å². The third-order valence-corrected chi connectivity index (χ3v) is 23.2. The van der Waals surface area contributed by atoms with Crippen LogP contribution in [0.15, 0.2) is 0 Å². The van der Waals surface area contributed by atoms with Crippen LogP contribution < -0.4 is 0 Å². The maximum Gasteiger partial charge on any atom is 0.472 e. The molecule has 0 saturated heterocycles. The molecule has 0 bridgehead atoms. The molecule has 0 aromatic heterocycles. The van der Waals surface area contributed by atoms with E-state index in [1.54, 1.807) is 0 Å². The van der Waals surface area contributed by atoms with Crippen molar-refractivity contribution >= 4 is 39.5 Å². The van der Waals surface area contributed by atoms with Crippen LogP contribution in [0.25, 0.3) is 0 Å². The zero-order valence-electron chi connectivity index (χ0n) is 71.2. The fraction of sp³-hybridized carbons (Fsp3) is 0.955. The molecular formula is C89H174O17P2. The normalized spacial score (nSPS) is 14.0. The number of hydrogen-bond donors (Lipinski definition) is 3. The van der Waals surface area contributed by atoms with Gasteiger partial charge in [-0.25, -0.2) is 9.13 Å². The van der Waals surface area contributed by atoms with Crippen molar-refractivity contribution in [2.24, 2.45) is 11.8 Å². The van der Waals surface area contributed by atoms with Gasteiger partial charge >= 0.3 is 39.5 Å². The van der Waals surface area contributed by atoms with E-state index in [0.717, 1.165) is 108 Å². The quantitative estimate of drug-likeness (QED) is 0.0222. The van der Waals surface area contributed by atoms with E-state index in [2.05, 4.69) is 41.5 Å². The molecule has 0 aliphatic rings. The molecule has 19 heteroatoms. The van der Waals surface area contributed by atoms with Gasteiger partial charge in [-0.1, -0.05) is 427 Å². The Labute approximate surface area is 664 Å². The van der Waals surface area contributed by atoms with Gasteiger partial charge in [0.05, 0.1) is 26.4 Å². The van der Waals surface area contributed by atoms with Gasteiger partial charge in [-0.3, -0.25) is 37.3 Å². The first-order valence-electron chi connectivity index (χ1n) is 46.0. The van der Waals surface area contributed by atoms with Gasteiger partial charge in [-0.2, -0.15) is 0 Å². The summed E-state index contributed by atoms with van der Waals surface area (Å²) in [4.78, 5) is 73.2. The number of ether oxygens (including phenoxy) is 4. The molecule has 0 aliphatic heterocycles. The molecule has 108 heavy (non-hydrogen) atoms. The largest absolute Gasteiger partial charge is 0.472 e. The van der Waals surface area contributed by atoms with Gasteiger partial charge in [0, 0.05) is 25.7 Å². The minimum absolute atomic E-state index is 0.108. The lowest BCUT2D eigenvalue weighted by Crippen LogP contribution is -2.30. The molecule has 0 aromatic rings. The minimum atomic E-state index is -4.97. The zero-order chi connectivity index (χ0) is 79.2. The third-order valence-electron chi connectivity index (χ3n) is 21.3. The van der Waals surface area contributed by atoms with E-state index in [0.29, 0.717) is 25.7 Å². The highest BCUT2D eigenvalue weighted by Gasteiger charge is 2.31. The van der Waals surface area contributed by atoms with Crippen LogP contribution in [0.5, 0.6) is 0 Å². The molecular weight excluding hydrogens is 1400 g/mol. The summed E-state index contributed by atoms with van der Waals surface area (Å²) < 4.78 is 68.9. The summed E-state index contributed by atoms with van der Waals surface area (Å²) in [6.07, 6.45) is 73.8. The molecule has 642 valence electrons.